The number of carbonyl (C=O) groups is 1. The van der Waals surface area contributed by atoms with Crippen LogP contribution in [-0.4, -0.2) is 22.3 Å². The van der Waals surface area contributed by atoms with Gasteiger partial charge in [0, 0.05) is 27.6 Å². The van der Waals surface area contributed by atoms with E-state index in [2.05, 4.69) is 32.5 Å². The van der Waals surface area contributed by atoms with Crippen molar-refractivity contribution in [3.63, 3.8) is 0 Å². The highest BCUT2D eigenvalue weighted by Crippen LogP contribution is 2.39. The lowest BCUT2D eigenvalue weighted by Crippen LogP contribution is -2.39. The number of fused-ring (bicyclic) bond motifs is 3. The maximum absolute atomic E-state index is 12.0. The maximum atomic E-state index is 12.0. The molecule has 0 bridgehead atoms. The first kappa shape index (κ1) is 17.2. The monoisotopic (exact) mass is 466 g/mol. The van der Waals surface area contributed by atoms with Gasteiger partial charge in [-0.25, -0.2) is 4.79 Å². The van der Waals surface area contributed by atoms with E-state index in [1.165, 1.54) is 5.69 Å². The van der Waals surface area contributed by atoms with Gasteiger partial charge in [0.15, 0.2) is 0 Å². The molecule has 1 aromatic carbocycles. The van der Waals surface area contributed by atoms with Crippen molar-refractivity contribution < 1.29 is 9.53 Å². The summed E-state index contributed by atoms with van der Waals surface area (Å²) in [4.78, 5) is 12.0. The molecule has 0 radical (unpaired) electrons. The van der Waals surface area contributed by atoms with Gasteiger partial charge in [-0.1, -0.05) is 29.3 Å². The van der Waals surface area contributed by atoms with Gasteiger partial charge in [-0.05, 0) is 49.4 Å². The fourth-order valence-corrected chi connectivity index (χ4v) is 4.25. The first-order valence-corrected chi connectivity index (χ1v) is 9.15. The summed E-state index contributed by atoms with van der Waals surface area (Å²) in [5, 5.41) is 5.14. The molecule has 0 saturated carbocycles. The third kappa shape index (κ3) is 3.28. The molecule has 7 heteroatoms. The molecule has 3 rings (SSSR count). The van der Waals surface area contributed by atoms with E-state index in [0.717, 1.165) is 20.9 Å². The van der Waals surface area contributed by atoms with Gasteiger partial charge in [0.1, 0.15) is 5.60 Å². The number of rotatable bonds is 1. The molecule has 2 heterocycles. The van der Waals surface area contributed by atoms with Crippen LogP contribution in [0.1, 0.15) is 26.5 Å². The van der Waals surface area contributed by atoms with Gasteiger partial charge in [-0.15, -0.1) is 0 Å². The van der Waals surface area contributed by atoms with Crippen molar-refractivity contribution in [2.75, 3.05) is 0 Å². The van der Waals surface area contributed by atoms with Crippen molar-refractivity contribution in [1.29, 1.82) is 0 Å². The molecule has 0 saturated heterocycles. The smallest absolute Gasteiger partial charge is 0.407 e. The minimum Gasteiger partial charge on any atom is -0.444 e. The first-order valence-electron chi connectivity index (χ1n) is 7.31. The lowest BCUT2D eigenvalue weighted by molar-refractivity contribution is 0.0504. The minimum atomic E-state index is -0.504. The number of hydrogen-bond donors (Lipinski definition) is 1. The molecule has 4 nitrogen and oxygen atoms in total. The SMILES string of the molecule is CC(C)(C)OC(=O)NC1Cc2c(I)c3ccc(Cl)c(Cl)c3n2C1. The third-order valence-corrected chi connectivity index (χ3v) is 5.72. The van der Waals surface area contributed by atoms with Crippen LogP contribution in [0.3, 0.4) is 0 Å². The van der Waals surface area contributed by atoms with Gasteiger partial charge in [0.2, 0.25) is 0 Å². The van der Waals surface area contributed by atoms with E-state index in [-0.39, 0.29) is 6.04 Å². The second-order valence-corrected chi connectivity index (χ2v) is 8.54. The fraction of sp³-hybridized carbons (Fsp3) is 0.438. The molecule has 0 fully saturated rings. The Morgan fingerprint density at radius 3 is 2.74 bits per heavy atom. The van der Waals surface area contributed by atoms with E-state index in [0.29, 0.717) is 16.6 Å². The number of aromatic nitrogens is 1. The molecule has 1 amide bonds. The van der Waals surface area contributed by atoms with Crippen molar-refractivity contribution in [1.82, 2.24) is 9.88 Å². The summed E-state index contributed by atoms with van der Waals surface area (Å²) in [6.07, 6.45) is 0.358. The number of ether oxygens (including phenoxy) is 1. The van der Waals surface area contributed by atoms with Gasteiger partial charge >= 0.3 is 6.09 Å². The van der Waals surface area contributed by atoms with Gasteiger partial charge < -0.3 is 14.6 Å². The second-order valence-electron chi connectivity index (χ2n) is 6.68. The van der Waals surface area contributed by atoms with E-state index in [1.807, 2.05) is 32.9 Å². The van der Waals surface area contributed by atoms with Gasteiger partial charge in [-0.2, -0.15) is 0 Å². The summed E-state index contributed by atoms with van der Waals surface area (Å²) in [7, 11) is 0. The maximum Gasteiger partial charge on any atom is 0.407 e. The summed E-state index contributed by atoms with van der Waals surface area (Å²) in [5.74, 6) is 0. The molecule has 0 spiro atoms. The number of carbonyl (C=O) groups excluding carboxylic acids is 1. The molecule has 1 N–H and O–H groups in total. The van der Waals surface area contributed by atoms with E-state index in [4.69, 9.17) is 27.9 Å². The molecular weight excluding hydrogens is 450 g/mol. The van der Waals surface area contributed by atoms with Crippen LogP contribution in [0.2, 0.25) is 10.0 Å². The molecule has 124 valence electrons. The summed E-state index contributed by atoms with van der Waals surface area (Å²) < 4.78 is 8.63. The number of alkyl carbamates (subject to hydrolysis) is 1. The lowest BCUT2D eigenvalue weighted by Gasteiger charge is -2.21. The summed E-state index contributed by atoms with van der Waals surface area (Å²) in [6, 6.07) is 3.81. The normalized spacial score (nSPS) is 17.4. The Hall–Kier alpha value is -0.660. The zero-order valence-electron chi connectivity index (χ0n) is 13.0. The summed E-state index contributed by atoms with van der Waals surface area (Å²) >= 11 is 14.9. The van der Waals surface area contributed by atoms with Crippen LogP contribution in [-0.2, 0) is 17.7 Å². The van der Waals surface area contributed by atoms with Gasteiger partial charge in [0.25, 0.3) is 0 Å². The lowest BCUT2D eigenvalue weighted by atomic mass is 10.2. The largest absolute Gasteiger partial charge is 0.444 e. The van der Waals surface area contributed by atoms with Crippen LogP contribution in [0.4, 0.5) is 4.79 Å². The predicted octanol–water partition coefficient (Wildman–Crippen LogP) is 5.00. The van der Waals surface area contributed by atoms with Crippen molar-refractivity contribution in [3.8, 4) is 0 Å². The molecule has 2 aromatic rings. The van der Waals surface area contributed by atoms with Crippen LogP contribution >= 0.6 is 45.8 Å². The zero-order chi connectivity index (χ0) is 16.9. The van der Waals surface area contributed by atoms with E-state index >= 15 is 0 Å². The fourth-order valence-electron chi connectivity index (χ4n) is 2.88. The summed E-state index contributed by atoms with van der Waals surface area (Å²) in [5.41, 5.74) is 1.61. The number of amides is 1. The zero-order valence-corrected chi connectivity index (χ0v) is 16.7. The Kier molecular flexibility index (Phi) is 4.48. The van der Waals surface area contributed by atoms with Gasteiger partial charge in [-0.3, -0.25) is 0 Å². The van der Waals surface area contributed by atoms with E-state index in [1.54, 1.807) is 0 Å². The van der Waals surface area contributed by atoms with Crippen molar-refractivity contribution in [2.24, 2.45) is 0 Å². The molecule has 1 unspecified atom stereocenters. The molecule has 23 heavy (non-hydrogen) atoms. The first-order chi connectivity index (χ1) is 10.7. The Labute approximate surface area is 158 Å². The third-order valence-electron chi connectivity index (χ3n) is 3.72. The molecule has 1 atom stereocenters. The second kappa shape index (κ2) is 6.01. The van der Waals surface area contributed by atoms with E-state index in [9.17, 15) is 4.79 Å². The average Bonchev–Trinajstić information content (AvgIpc) is 2.91. The van der Waals surface area contributed by atoms with Crippen LogP contribution < -0.4 is 5.32 Å². The Balaban J connectivity index is 1.86. The standard InChI is InChI=1S/C16H17Cl2IN2O2/c1-16(2,3)23-15(22)20-8-6-11-13(19)9-4-5-10(17)12(18)14(9)21(11)7-8/h4-5,8H,6-7H2,1-3H3,(H,20,22). The molecular formula is C16H17Cl2IN2O2. The van der Waals surface area contributed by atoms with Crippen molar-refractivity contribution >= 4 is 62.8 Å². The molecule has 1 aromatic heterocycles. The number of benzene rings is 1. The number of halogens is 3. The Morgan fingerprint density at radius 2 is 2.09 bits per heavy atom. The van der Waals surface area contributed by atoms with Crippen LogP contribution in [0.15, 0.2) is 12.1 Å². The van der Waals surface area contributed by atoms with Crippen molar-refractivity contribution in [2.45, 2.75) is 45.4 Å². The predicted molar refractivity (Wildman–Crippen MR) is 102 cm³/mol. The molecule has 1 aliphatic heterocycles. The highest BCUT2D eigenvalue weighted by atomic mass is 127. The molecule has 0 aliphatic carbocycles. The number of nitrogens with zero attached hydrogens (tertiary/aromatic N) is 1. The van der Waals surface area contributed by atoms with Crippen LogP contribution in [0, 0.1) is 3.57 Å². The number of nitrogens with one attached hydrogen (secondary N) is 1. The quantitative estimate of drug-likeness (QED) is 0.601. The Morgan fingerprint density at radius 1 is 1.39 bits per heavy atom. The van der Waals surface area contributed by atoms with Gasteiger partial charge in [0.05, 0.1) is 21.6 Å². The van der Waals surface area contributed by atoms with Crippen LogP contribution in [0.25, 0.3) is 10.9 Å². The average molecular weight is 467 g/mol. The van der Waals surface area contributed by atoms with Crippen LogP contribution in [0.5, 0.6) is 0 Å². The number of hydrogen-bond acceptors (Lipinski definition) is 2. The van der Waals surface area contributed by atoms with E-state index < -0.39 is 11.7 Å². The Bertz CT molecular complexity index is 796. The minimum absolute atomic E-state index is 0.00665. The topological polar surface area (TPSA) is 43.3 Å². The summed E-state index contributed by atoms with van der Waals surface area (Å²) in [6.45, 7) is 6.21. The highest BCUT2D eigenvalue weighted by molar-refractivity contribution is 14.1. The highest BCUT2D eigenvalue weighted by Gasteiger charge is 2.30. The molecule has 1 aliphatic rings. The van der Waals surface area contributed by atoms with Crippen molar-refractivity contribution in [3.05, 3.63) is 31.4 Å².